The minimum absolute atomic E-state index is 0.0128. The van der Waals surface area contributed by atoms with Crippen LogP contribution in [0.15, 0.2) is 33.2 Å². The van der Waals surface area contributed by atoms with Crippen LogP contribution in [0.1, 0.15) is 15.9 Å². The van der Waals surface area contributed by atoms with Gasteiger partial charge in [-0.3, -0.25) is 4.79 Å². The summed E-state index contributed by atoms with van der Waals surface area (Å²) in [4.78, 5) is 23.2. The van der Waals surface area contributed by atoms with E-state index in [-0.39, 0.29) is 27.9 Å². The predicted molar refractivity (Wildman–Crippen MR) is 104 cm³/mol. The number of aryl methyl sites for hydroxylation is 1. The van der Waals surface area contributed by atoms with Crippen LogP contribution in [-0.2, 0) is 4.79 Å². The Bertz CT molecular complexity index is 835. The molecule has 25 heavy (non-hydrogen) atoms. The third kappa shape index (κ3) is 5.10. The number of carboxylic acid groups (broad SMARTS) is 1. The Balaban J connectivity index is 2.11. The molecule has 2 aromatic carbocycles. The smallest absolute Gasteiger partial charge is 0.337 e. The largest absolute Gasteiger partial charge is 0.482 e. The van der Waals surface area contributed by atoms with Gasteiger partial charge in [0.2, 0.25) is 0 Å². The Labute approximate surface area is 170 Å². The molecule has 0 fully saturated rings. The summed E-state index contributed by atoms with van der Waals surface area (Å²) in [6, 6.07) is 6.12. The molecule has 0 bridgehead atoms. The zero-order valence-electron chi connectivity index (χ0n) is 12.7. The minimum Gasteiger partial charge on any atom is -0.482 e. The quantitative estimate of drug-likeness (QED) is 0.552. The lowest BCUT2D eigenvalue weighted by Crippen LogP contribution is -2.21. The van der Waals surface area contributed by atoms with Gasteiger partial charge in [-0.15, -0.1) is 0 Å². The minimum atomic E-state index is -1.22. The molecule has 132 valence electrons. The van der Waals surface area contributed by atoms with Crippen molar-refractivity contribution in [2.24, 2.45) is 0 Å². The molecule has 2 rings (SSSR count). The Morgan fingerprint density at radius 2 is 1.84 bits per heavy atom. The van der Waals surface area contributed by atoms with E-state index in [0.717, 1.165) is 10.0 Å². The molecule has 0 saturated heterocycles. The van der Waals surface area contributed by atoms with Crippen LogP contribution in [0.5, 0.6) is 5.75 Å². The van der Waals surface area contributed by atoms with Crippen molar-refractivity contribution < 1.29 is 19.4 Å². The monoisotopic (exact) mass is 509 g/mol. The van der Waals surface area contributed by atoms with Gasteiger partial charge in [-0.2, -0.15) is 0 Å². The molecule has 0 radical (unpaired) electrons. The van der Waals surface area contributed by atoms with Crippen molar-refractivity contribution in [2.45, 2.75) is 6.92 Å². The maximum absolute atomic E-state index is 12.1. The standard InChI is InChI=1S/C16H11Br2Cl2NO4/c1-7-2-8(17)3-10(18)15(7)25-6-14(22)21-13-4-9(16(23)24)11(19)5-12(13)20/h2-5H,6H2,1H3,(H,21,22)(H,23,24). The van der Waals surface area contributed by atoms with Crippen molar-refractivity contribution in [3.63, 3.8) is 0 Å². The number of halogens is 4. The van der Waals surface area contributed by atoms with Gasteiger partial charge in [0.05, 0.1) is 25.8 Å². The van der Waals surface area contributed by atoms with E-state index in [2.05, 4.69) is 37.2 Å². The summed E-state index contributed by atoms with van der Waals surface area (Å²) in [5.41, 5.74) is 0.823. The van der Waals surface area contributed by atoms with Crippen molar-refractivity contribution in [1.82, 2.24) is 0 Å². The number of benzene rings is 2. The second-order valence-corrected chi connectivity index (χ2v) is 7.57. The summed E-state index contributed by atoms with van der Waals surface area (Å²) in [5.74, 6) is -1.18. The second kappa shape index (κ2) is 8.40. The molecule has 0 aliphatic carbocycles. The number of hydrogen-bond donors (Lipinski definition) is 2. The zero-order valence-corrected chi connectivity index (χ0v) is 17.4. The van der Waals surface area contributed by atoms with Crippen molar-refractivity contribution >= 4 is 72.6 Å². The highest BCUT2D eigenvalue weighted by molar-refractivity contribution is 9.11. The van der Waals surface area contributed by atoms with Gasteiger partial charge in [-0.05, 0) is 52.7 Å². The number of carboxylic acids is 1. The van der Waals surface area contributed by atoms with E-state index in [9.17, 15) is 9.59 Å². The molecular formula is C16H11Br2Cl2NO4. The molecule has 0 saturated carbocycles. The summed E-state index contributed by atoms with van der Waals surface area (Å²) < 4.78 is 7.11. The van der Waals surface area contributed by atoms with Crippen LogP contribution in [0.2, 0.25) is 10.0 Å². The van der Waals surface area contributed by atoms with Crippen LogP contribution >= 0.6 is 55.1 Å². The number of hydrogen-bond acceptors (Lipinski definition) is 3. The number of carbonyl (C=O) groups excluding carboxylic acids is 1. The first-order valence-corrected chi connectivity index (χ1v) is 9.14. The van der Waals surface area contributed by atoms with Gasteiger partial charge in [0.15, 0.2) is 6.61 Å². The van der Waals surface area contributed by atoms with Crippen molar-refractivity contribution in [3.8, 4) is 5.75 Å². The van der Waals surface area contributed by atoms with E-state index in [0.29, 0.717) is 10.2 Å². The van der Waals surface area contributed by atoms with Gasteiger partial charge in [-0.25, -0.2) is 4.79 Å². The third-order valence-electron chi connectivity index (χ3n) is 3.10. The van der Waals surface area contributed by atoms with Gasteiger partial charge in [0.25, 0.3) is 5.91 Å². The molecule has 0 aliphatic heterocycles. The van der Waals surface area contributed by atoms with E-state index in [1.807, 2.05) is 13.0 Å². The number of aromatic carboxylic acids is 1. The zero-order chi connectivity index (χ0) is 18.7. The highest BCUT2D eigenvalue weighted by Gasteiger charge is 2.15. The molecule has 0 aromatic heterocycles. The average Bonchev–Trinajstić information content (AvgIpc) is 2.48. The van der Waals surface area contributed by atoms with E-state index < -0.39 is 11.9 Å². The summed E-state index contributed by atoms with van der Waals surface area (Å²) >= 11 is 18.5. The normalized spacial score (nSPS) is 10.4. The predicted octanol–water partition coefficient (Wildman–Crippen LogP) is 5.54. The lowest BCUT2D eigenvalue weighted by molar-refractivity contribution is -0.118. The lowest BCUT2D eigenvalue weighted by atomic mass is 10.2. The van der Waals surface area contributed by atoms with Gasteiger partial charge in [0, 0.05) is 4.47 Å². The fraction of sp³-hybridized carbons (Fsp3) is 0.125. The molecule has 5 nitrogen and oxygen atoms in total. The second-order valence-electron chi connectivity index (χ2n) is 4.99. The first-order valence-electron chi connectivity index (χ1n) is 6.79. The third-order valence-corrected chi connectivity index (χ3v) is 4.78. The number of ether oxygens (including phenoxy) is 1. The average molecular weight is 512 g/mol. The van der Waals surface area contributed by atoms with Gasteiger partial charge >= 0.3 is 5.97 Å². The Morgan fingerprint density at radius 3 is 2.44 bits per heavy atom. The summed E-state index contributed by atoms with van der Waals surface area (Å²) in [7, 11) is 0. The van der Waals surface area contributed by atoms with Crippen LogP contribution in [0.3, 0.4) is 0 Å². The molecule has 0 spiro atoms. The number of nitrogens with one attached hydrogen (secondary N) is 1. The number of anilines is 1. The van der Waals surface area contributed by atoms with E-state index in [1.54, 1.807) is 6.07 Å². The molecular weight excluding hydrogens is 501 g/mol. The number of carbonyl (C=O) groups is 2. The molecule has 0 heterocycles. The van der Waals surface area contributed by atoms with E-state index in [4.69, 9.17) is 33.0 Å². The van der Waals surface area contributed by atoms with E-state index in [1.165, 1.54) is 12.1 Å². The molecule has 1 amide bonds. The van der Waals surface area contributed by atoms with Crippen LogP contribution in [-0.4, -0.2) is 23.6 Å². The van der Waals surface area contributed by atoms with Crippen molar-refractivity contribution in [2.75, 3.05) is 11.9 Å². The van der Waals surface area contributed by atoms with Crippen LogP contribution in [0.4, 0.5) is 5.69 Å². The summed E-state index contributed by atoms with van der Waals surface area (Å²) in [6.45, 7) is 1.57. The topological polar surface area (TPSA) is 75.6 Å². The van der Waals surface area contributed by atoms with Crippen molar-refractivity contribution in [3.05, 3.63) is 54.4 Å². The first-order chi connectivity index (χ1) is 11.7. The highest BCUT2D eigenvalue weighted by Crippen LogP contribution is 2.33. The van der Waals surface area contributed by atoms with Crippen molar-refractivity contribution in [1.29, 1.82) is 0 Å². The summed E-state index contributed by atoms with van der Waals surface area (Å²) in [6.07, 6.45) is 0. The van der Waals surface area contributed by atoms with Gasteiger partial charge in [0.1, 0.15) is 5.75 Å². The first kappa shape index (κ1) is 20.0. The Hall–Kier alpha value is -1.28. The van der Waals surface area contributed by atoms with Gasteiger partial charge in [-0.1, -0.05) is 39.1 Å². The van der Waals surface area contributed by atoms with E-state index >= 15 is 0 Å². The summed E-state index contributed by atoms with van der Waals surface area (Å²) in [5, 5.41) is 11.7. The number of rotatable bonds is 5. The molecule has 9 heteroatoms. The molecule has 0 aliphatic rings. The Kier molecular flexibility index (Phi) is 6.73. The van der Waals surface area contributed by atoms with Crippen LogP contribution in [0, 0.1) is 6.92 Å². The lowest BCUT2D eigenvalue weighted by Gasteiger charge is -2.13. The maximum Gasteiger partial charge on any atom is 0.337 e. The maximum atomic E-state index is 12.1. The molecule has 2 aromatic rings. The number of amides is 1. The molecule has 2 N–H and O–H groups in total. The fourth-order valence-corrected chi connectivity index (χ4v) is 4.07. The fourth-order valence-electron chi connectivity index (χ4n) is 2.00. The Morgan fingerprint density at radius 1 is 1.16 bits per heavy atom. The van der Waals surface area contributed by atoms with Crippen LogP contribution < -0.4 is 10.1 Å². The molecule has 0 atom stereocenters. The molecule has 0 unspecified atom stereocenters. The van der Waals surface area contributed by atoms with Gasteiger partial charge < -0.3 is 15.2 Å². The highest BCUT2D eigenvalue weighted by atomic mass is 79.9. The van der Waals surface area contributed by atoms with Crippen LogP contribution in [0.25, 0.3) is 0 Å². The SMILES string of the molecule is Cc1cc(Br)cc(Br)c1OCC(=O)Nc1cc(C(=O)O)c(Cl)cc1Cl.